The van der Waals surface area contributed by atoms with Gasteiger partial charge in [-0.2, -0.15) is 0 Å². The van der Waals surface area contributed by atoms with E-state index in [1.54, 1.807) is 14.2 Å². The van der Waals surface area contributed by atoms with E-state index in [2.05, 4.69) is 18.3 Å². The first-order chi connectivity index (χ1) is 8.30. The van der Waals surface area contributed by atoms with Crippen molar-refractivity contribution < 1.29 is 9.47 Å². The third-order valence-electron chi connectivity index (χ3n) is 3.53. The summed E-state index contributed by atoms with van der Waals surface area (Å²) in [6.45, 7) is 4.34. The Balaban J connectivity index is 2.45. The molecular weight excluding hydrogens is 214 g/mol. The predicted octanol–water partition coefficient (Wildman–Crippen LogP) is 2.34. The van der Waals surface area contributed by atoms with E-state index in [0.717, 1.165) is 31.0 Å². The minimum absolute atomic E-state index is 0.592. The highest BCUT2D eigenvalue weighted by Gasteiger charge is 2.22. The van der Waals surface area contributed by atoms with Crippen LogP contribution in [0.5, 0.6) is 11.5 Å². The maximum atomic E-state index is 5.48. The maximum absolute atomic E-state index is 5.48. The van der Waals surface area contributed by atoms with Crippen molar-refractivity contribution in [2.75, 3.05) is 27.3 Å². The van der Waals surface area contributed by atoms with Gasteiger partial charge in [0.15, 0.2) is 0 Å². The lowest BCUT2D eigenvalue weighted by Gasteiger charge is -2.18. The smallest absolute Gasteiger partial charge is 0.126 e. The number of rotatable bonds is 4. The standard InChI is InChI=1S/C14H21NO2/c1-4-12-13(10-5-6-15-9-10)7-11(16-2)8-14(12)17-3/h7-8,10,15H,4-6,9H2,1-3H3. The second-order valence-corrected chi connectivity index (χ2v) is 4.44. The van der Waals surface area contributed by atoms with Gasteiger partial charge in [0.2, 0.25) is 0 Å². The van der Waals surface area contributed by atoms with Crippen molar-refractivity contribution >= 4 is 0 Å². The summed E-state index contributed by atoms with van der Waals surface area (Å²) in [5.41, 5.74) is 2.70. The number of methoxy groups -OCH3 is 2. The Bertz CT molecular complexity index is 384. The molecular formula is C14H21NO2. The van der Waals surface area contributed by atoms with E-state index in [4.69, 9.17) is 9.47 Å². The number of ether oxygens (including phenoxy) is 2. The first kappa shape index (κ1) is 12.2. The zero-order valence-corrected chi connectivity index (χ0v) is 10.9. The summed E-state index contributed by atoms with van der Waals surface area (Å²) in [4.78, 5) is 0. The molecule has 1 aromatic carbocycles. The van der Waals surface area contributed by atoms with Crippen molar-refractivity contribution in [3.05, 3.63) is 23.3 Å². The van der Waals surface area contributed by atoms with Gasteiger partial charge in [-0.1, -0.05) is 6.92 Å². The number of hydrogen-bond donors (Lipinski definition) is 1. The van der Waals surface area contributed by atoms with E-state index < -0.39 is 0 Å². The molecule has 1 aliphatic rings. The molecule has 1 saturated heterocycles. The van der Waals surface area contributed by atoms with Gasteiger partial charge in [-0.05, 0) is 42.5 Å². The number of benzene rings is 1. The van der Waals surface area contributed by atoms with E-state index in [1.807, 2.05) is 6.07 Å². The Kier molecular flexibility index (Phi) is 3.89. The summed E-state index contributed by atoms with van der Waals surface area (Å²) in [6.07, 6.45) is 2.20. The van der Waals surface area contributed by atoms with E-state index in [0.29, 0.717) is 5.92 Å². The van der Waals surface area contributed by atoms with Gasteiger partial charge in [0, 0.05) is 12.6 Å². The summed E-state index contributed by atoms with van der Waals surface area (Å²) in [5.74, 6) is 2.43. The summed E-state index contributed by atoms with van der Waals surface area (Å²) in [5, 5.41) is 3.42. The van der Waals surface area contributed by atoms with Gasteiger partial charge in [-0.25, -0.2) is 0 Å². The summed E-state index contributed by atoms with van der Waals surface area (Å²) < 4.78 is 10.8. The molecule has 0 amide bonds. The Morgan fingerprint density at radius 2 is 2.12 bits per heavy atom. The molecule has 17 heavy (non-hydrogen) atoms. The molecule has 0 bridgehead atoms. The van der Waals surface area contributed by atoms with Crippen LogP contribution < -0.4 is 14.8 Å². The molecule has 3 nitrogen and oxygen atoms in total. The van der Waals surface area contributed by atoms with Crippen LogP contribution in [0.3, 0.4) is 0 Å². The molecule has 0 spiro atoms. The van der Waals surface area contributed by atoms with E-state index >= 15 is 0 Å². The third-order valence-corrected chi connectivity index (χ3v) is 3.53. The van der Waals surface area contributed by atoms with Crippen molar-refractivity contribution in [1.82, 2.24) is 5.32 Å². The fourth-order valence-electron chi connectivity index (χ4n) is 2.60. The summed E-state index contributed by atoms with van der Waals surface area (Å²) in [6, 6.07) is 4.14. The number of hydrogen-bond acceptors (Lipinski definition) is 3. The molecule has 0 aromatic heterocycles. The molecule has 1 fully saturated rings. The lowest BCUT2D eigenvalue weighted by Crippen LogP contribution is -2.10. The van der Waals surface area contributed by atoms with Crippen LogP contribution >= 0.6 is 0 Å². The van der Waals surface area contributed by atoms with Crippen LogP contribution in [0.1, 0.15) is 30.4 Å². The molecule has 1 aromatic rings. The van der Waals surface area contributed by atoms with Gasteiger partial charge < -0.3 is 14.8 Å². The van der Waals surface area contributed by atoms with Gasteiger partial charge in [0.1, 0.15) is 11.5 Å². The Morgan fingerprint density at radius 1 is 1.29 bits per heavy atom. The lowest BCUT2D eigenvalue weighted by atomic mass is 9.91. The average molecular weight is 235 g/mol. The van der Waals surface area contributed by atoms with Gasteiger partial charge in [0.05, 0.1) is 14.2 Å². The Hall–Kier alpha value is -1.22. The van der Waals surface area contributed by atoms with Gasteiger partial charge >= 0.3 is 0 Å². The predicted molar refractivity (Wildman–Crippen MR) is 69.2 cm³/mol. The average Bonchev–Trinajstić information content (AvgIpc) is 2.90. The molecule has 0 saturated carbocycles. The first-order valence-corrected chi connectivity index (χ1v) is 6.25. The molecule has 2 rings (SSSR count). The minimum atomic E-state index is 0.592. The fourth-order valence-corrected chi connectivity index (χ4v) is 2.60. The molecule has 1 heterocycles. The van der Waals surface area contributed by atoms with Crippen LogP contribution in [-0.4, -0.2) is 27.3 Å². The maximum Gasteiger partial charge on any atom is 0.126 e. The summed E-state index contributed by atoms with van der Waals surface area (Å²) >= 11 is 0. The second kappa shape index (κ2) is 5.41. The van der Waals surface area contributed by atoms with Crippen LogP contribution in [0.25, 0.3) is 0 Å². The van der Waals surface area contributed by atoms with E-state index in [-0.39, 0.29) is 0 Å². The first-order valence-electron chi connectivity index (χ1n) is 6.25. The molecule has 1 unspecified atom stereocenters. The molecule has 94 valence electrons. The highest BCUT2D eigenvalue weighted by Crippen LogP contribution is 2.35. The highest BCUT2D eigenvalue weighted by molar-refractivity contribution is 5.48. The molecule has 3 heteroatoms. The fraction of sp³-hybridized carbons (Fsp3) is 0.571. The zero-order valence-electron chi connectivity index (χ0n) is 10.9. The molecule has 1 atom stereocenters. The van der Waals surface area contributed by atoms with Crippen molar-refractivity contribution in [3.8, 4) is 11.5 Å². The van der Waals surface area contributed by atoms with Gasteiger partial charge in [-0.3, -0.25) is 0 Å². The second-order valence-electron chi connectivity index (χ2n) is 4.44. The van der Waals surface area contributed by atoms with Crippen LogP contribution in [0.15, 0.2) is 12.1 Å². The van der Waals surface area contributed by atoms with Crippen LogP contribution in [0, 0.1) is 0 Å². The van der Waals surface area contributed by atoms with Crippen molar-refractivity contribution in [3.63, 3.8) is 0 Å². The SMILES string of the molecule is CCc1c(OC)cc(OC)cc1C1CCNC1. The highest BCUT2D eigenvalue weighted by atomic mass is 16.5. The zero-order chi connectivity index (χ0) is 12.3. The topological polar surface area (TPSA) is 30.5 Å². The molecule has 0 aliphatic carbocycles. The Labute approximate surface area is 103 Å². The van der Waals surface area contributed by atoms with E-state index in [9.17, 15) is 0 Å². The molecule has 1 N–H and O–H groups in total. The van der Waals surface area contributed by atoms with Crippen LogP contribution in [0.2, 0.25) is 0 Å². The Morgan fingerprint density at radius 3 is 2.65 bits per heavy atom. The largest absolute Gasteiger partial charge is 0.497 e. The van der Waals surface area contributed by atoms with Crippen LogP contribution in [0.4, 0.5) is 0 Å². The van der Waals surface area contributed by atoms with Gasteiger partial charge in [-0.15, -0.1) is 0 Å². The third kappa shape index (κ3) is 2.39. The van der Waals surface area contributed by atoms with Crippen molar-refractivity contribution in [2.45, 2.75) is 25.7 Å². The lowest BCUT2D eigenvalue weighted by molar-refractivity contribution is 0.389. The van der Waals surface area contributed by atoms with E-state index in [1.165, 1.54) is 17.5 Å². The van der Waals surface area contributed by atoms with Crippen LogP contribution in [-0.2, 0) is 6.42 Å². The van der Waals surface area contributed by atoms with Gasteiger partial charge in [0.25, 0.3) is 0 Å². The van der Waals surface area contributed by atoms with Crippen molar-refractivity contribution in [2.24, 2.45) is 0 Å². The monoisotopic (exact) mass is 235 g/mol. The molecule has 1 aliphatic heterocycles. The summed E-state index contributed by atoms with van der Waals surface area (Å²) in [7, 11) is 3.43. The minimum Gasteiger partial charge on any atom is -0.497 e. The number of nitrogens with one attached hydrogen (secondary N) is 1. The quantitative estimate of drug-likeness (QED) is 0.869. The normalized spacial score (nSPS) is 19.4. The van der Waals surface area contributed by atoms with Crippen molar-refractivity contribution in [1.29, 1.82) is 0 Å². The molecule has 0 radical (unpaired) electrons.